The van der Waals surface area contributed by atoms with Gasteiger partial charge in [-0.1, -0.05) is 0 Å². The van der Waals surface area contributed by atoms with Crippen molar-refractivity contribution in [3.8, 4) is 5.75 Å². The number of carbonyl (C=O) groups excluding carboxylic acids is 1. The van der Waals surface area contributed by atoms with Gasteiger partial charge in [-0.25, -0.2) is 0 Å². The number of nitrogens with two attached hydrogens (primary N) is 1. The maximum atomic E-state index is 12.1. The smallest absolute Gasteiger partial charge is 0.257 e. The molecule has 1 rings (SSSR count). The molecule has 4 nitrogen and oxygen atoms in total. The molecule has 0 atom stereocenters. The van der Waals surface area contributed by atoms with E-state index in [2.05, 4.69) is 0 Å². The van der Waals surface area contributed by atoms with Crippen molar-refractivity contribution in [2.24, 2.45) is 0 Å². The fourth-order valence-corrected chi connectivity index (χ4v) is 1.31. The third-order valence-corrected chi connectivity index (χ3v) is 2.55. The Bertz CT molecular complexity index is 389. The van der Waals surface area contributed by atoms with Crippen LogP contribution in [0.5, 0.6) is 5.75 Å². The van der Waals surface area contributed by atoms with E-state index in [1.54, 1.807) is 30.1 Å². The van der Waals surface area contributed by atoms with Gasteiger partial charge in [0.15, 0.2) is 0 Å². The van der Waals surface area contributed by atoms with Crippen molar-refractivity contribution < 1.29 is 9.53 Å². The maximum Gasteiger partial charge on any atom is 0.257 e. The van der Waals surface area contributed by atoms with Crippen molar-refractivity contribution in [1.82, 2.24) is 4.90 Å². The molecule has 0 aliphatic carbocycles. The van der Waals surface area contributed by atoms with Crippen LogP contribution in [0.3, 0.4) is 0 Å². The highest BCUT2D eigenvalue weighted by molar-refractivity contribution is 5.97. The number of anilines is 1. The van der Waals surface area contributed by atoms with Gasteiger partial charge in [0.1, 0.15) is 5.75 Å². The van der Waals surface area contributed by atoms with Gasteiger partial charge >= 0.3 is 0 Å². The first-order chi connectivity index (χ1) is 7.47. The highest BCUT2D eigenvalue weighted by atomic mass is 16.5. The van der Waals surface area contributed by atoms with Gasteiger partial charge in [0.25, 0.3) is 5.91 Å². The minimum Gasteiger partial charge on any atom is -0.496 e. The minimum absolute atomic E-state index is 0.0631. The number of ether oxygens (including phenoxy) is 1. The molecular formula is C12H18N2O2. The van der Waals surface area contributed by atoms with E-state index in [1.807, 2.05) is 13.8 Å². The summed E-state index contributed by atoms with van der Waals surface area (Å²) < 4.78 is 5.15. The molecule has 1 amide bonds. The SMILES string of the molecule is COc1cc(N)ccc1C(=O)N(C)C(C)C. The predicted octanol–water partition coefficient (Wildman–Crippen LogP) is 1.76. The summed E-state index contributed by atoms with van der Waals surface area (Å²) in [6.07, 6.45) is 0. The summed E-state index contributed by atoms with van der Waals surface area (Å²) in [6.45, 7) is 3.92. The van der Waals surface area contributed by atoms with Crippen LogP contribution in [0, 0.1) is 0 Å². The summed E-state index contributed by atoms with van der Waals surface area (Å²) in [5.74, 6) is 0.448. The molecule has 16 heavy (non-hydrogen) atoms. The molecule has 0 saturated heterocycles. The molecule has 1 aromatic carbocycles. The second kappa shape index (κ2) is 4.88. The van der Waals surface area contributed by atoms with Gasteiger partial charge in [-0.05, 0) is 26.0 Å². The lowest BCUT2D eigenvalue weighted by molar-refractivity contribution is 0.0751. The molecule has 0 aromatic heterocycles. The van der Waals surface area contributed by atoms with Gasteiger partial charge in [-0.2, -0.15) is 0 Å². The number of rotatable bonds is 3. The molecule has 0 heterocycles. The normalized spacial score (nSPS) is 10.3. The first-order valence-electron chi connectivity index (χ1n) is 5.18. The van der Waals surface area contributed by atoms with E-state index in [0.29, 0.717) is 17.0 Å². The zero-order valence-corrected chi connectivity index (χ0v) is 10.2. The number of methoxy groups -OCH3 is 1. The Labute approximate surface area is 96.0 Å². The number of hydrogen-bond donors (Lipinski definition) is 1. The molecule has 4 heteroatoms. The van der Waals surface area contributed by atoms with Crippen LogP contribution >= 0.6 is 0 Å². The van der Waals surface area contributed by atoms with Gasteiger partial charge in [0.05, 0.1) is 12.7 Å². The largest absolute Gasteiger partial charge is 0.496 e. The van der Waals surface area contributed by atoms with Crippen LogP contribution < -0.4 is 10.5 Å². The fraction of sp³-hybridized carbons (Fsp3) is 0.417. The summed E-state index contributed by atoms with van der Waals surface area (Å²) in [7, 11) is 3.30. The van der Waals surface area contributed by atoms with Gasteiger partial charge in [0.2, 0.25) is 0 Å². The molecule has 0 spiro atoms. The number of nitrogen functional groups attached to an aromatic ring is 1. The zero-order chi connectivity index (χ0) is 12.3. The zero-order valence-electron chi connectivity index (χ0n) is 10.2. The summed E-state index contributed by atoms with van der Waals surface area (Å²) >= 11 is 0. The molecular weight excluding hydrogens is 204 g/mol. The molecule has 2 N–H and O–H groups in total. The lowest BCUT2D eigenvalue weighted by Gasteiger charge is -2.22. The molecule has 88 valence electrons. The summed E-state index contributed by atoms with van der Waals surface area (Å²) in [4.78, 5) is 13.7. The molecule has 0 bridgehead atoms. The number of amides is 1. The molecule has 0 aliphatic heterocycles. The van der Waals surface area contributed by atoms with Crippen molar-refractivity contribution in [3.05, 3.63) is 23.8 Å². The Morgan fingerprint density at radius 2 is 2.06 bits per heavy atom. The lowest BCUT2D eigenvalue weighted by atomic mass is 10.1. The predicted molar refractivity (Wildman–Crippen MR) is 64.6 cm³/mol. The van der Waals surface area contributed by atoms with Gasteiger partial charge < -0.3 is 15.4 Å². The fourth-order valence-electron chi connectivity index (χ4n) is 1.31. The quantitative estimate of drug-likeness (QED) is 0.793. The number of benzene rings is 1. The topological polar surface area (TPSA) is 55.6 Å². The Balaban J connectivity index is 3.08. The molecule has 0 unspecified atom stereocenters. The van der Waals surface area contributed by atoms with Crippen LogP contribution in [-0.2, 0) is 0 Å². The first-order valence-corrected chi connectivity index (χ1v) is 5.18. The second-order valence-electron chi connectivity index (χ2n) is 3.97. The minimum atomic E-state index is -0.0631. The maximum absolute atomic E-state index is 12.1. The molecule has 0 radical (unpaired) electrons. The van der Waals surface area contributed by atoms with Crippen LogP contribution in [-0.4, -0.2) is 31.0 Å². The van der Waals surface area contributed by atoms with Crippen molar-refractivity contribution in [3.63, 3.8) is 0 Å². The molecule has 0 fully saturated rings. The van der Waals surface area contributed by atoms with Crippen molar-refractivity contribution in [2.75, 3.05) is 19.9 Å². The highest BCUT2D eigenvalue weighted by Crippen LogP contribution is 2.23. The molecule has 1 aromatic rings. The third kappa shape index (κ3) is 2.45. The van der Waals surface area contributed by atoms with Crippen LogP contribution in [0.2, 0.25) is 0 Å². The standard InChI is InChI=1S/C12H18N2O2/c1-8(2)14(3)12(15)10-6-5-9(13)7-11(10)16-4/h5-8H,13H2,1-4H3. The van der Waals surface area contributed by atoms with E-state index >= 15 is 0 Å². The van der Waals surface area contributed by atoms with Crippen LogP contribution in [0.4, 0.5) is 5.69 Å². The molecule has 0 aliphatic rings. The van der Waals surface area contributed by atoms with E-state index in [0.717, 1.165) is 0 Å². The van der Waals surface area contributed by atoms with Crippen molar-refractivity contribution in [2.45, 2.75) is 19.9 Å². The highest BCUT2D eigenvalue weighted by Gasteiger charge is 2.18. The van der Waals surface area contributed by atoms with E-state index in [-0.39, 0.29) is 11.9 Å². The van der Waals surface area contributed by atoms with Crippen molar-refractivity contribution in [1.29, 1.82) is 0 Å². The summed E-state index contributed by atoms with van der Waals surface area (Å²) in [5.41, 5.74) is 6.75. The third-order valence-electron chi connectivity index (χ3n) is 2.55. The van der Waals surface area contributed by atoms with E-state index < -0.39 is 0 Å². The Hall–Kier alpha value is -1.71. The van der Waals surface area contributed by atoms with Crippen LogP contribution in [0.1, 0.15) is 24.2 Å². The Morgan fingerprint density at radius 1 is 1.44 bits per heavy atom. The van der Waals surface area contributed by atoms with Crippen LogP contribution in [0.25, 0.3) is 0 Å². The average molecular weight is 222 g/mol. The number of carbonyl (C=O) groups is 1. The molecule has 0 saturated carbocycles. The van der Waals surface area contributed by atoms with Gasteiger partial charge in [-0.15, -0.1) is 0 Å². The monoisotopic (exact) mass is 222 g/mol. The Morgan fingerprint density at radius 3 is 2.56 bits per heavy atom. The van der Waals surface area contributed by atoms with Crippen LogP contribution in [0.15, 0.2) is 18.2 Å². The summed E-state index contributed by atoms with van der Waals surface area (Å²) in [5, 5.41) is 0. The number of nitrogens with zero attached hydrogens (tertiary/aromatic N) is 1. The van der Waals surface area contributed by atoms with E-state index in [4.69, 9.17) is 10.5 Å². The van der Waals surface area contributed by atoms with Gasteiger partial charge in [-0.3, -0.25) is 4.79 Å². The average Bonchev–Trinajstić information content (AvgIpc) is 2.26. The van der Waals surface area contributed by atoms with Crippen molar-refractivity contribution >= 4 is 11.6 Å². The summed E-state index contributed by atoms with van der Waals surface area (Å²) in [6, 6.07) is 5.19. The van der Waals surface area contributed by atoms with E-state index in [9.17, 15) is 4.79 Å². The van der Waals surface area contributed by atoms with Gasteiger partial charge in [0, 0.05) is 24.8 Å². The Kier molecular flexibility index (Phi) is 3.77. The van der Waals surface area contributed by atoms with E-state index in [1.165, 1.54) is 7.11 Å². The lowest BCUT2D eigenvalue weighted by Crippen LogP contribution is -2.33. The first kappa shape index (κ1) is 12.4. The second-order valence-corrected chi connectivity index (χ2v) is 3.97. The number of hydrogen-bond acceptors (Lipinski definition) is 3.